The van der Waals surface area contributed by atoms with Crippen molar-refractivity contribution < 1.29 is 9.90 Å². The molecule has 4 nitrogen and oxygen atoms in total. The number of H-pyrrole nitrogens is 1. The average Bonchev–Trinajstić information content (AvgIpc) is 2.76. The van der Waals surface area contributed by atoms with E-state index in [2.05, 4.69) is 9.97 Å². The van der Waals surface area contributed by atoms with E-state index in [0.29, 0.717) is 16.3 Å². The Morgan fingerprint density at radius 2 is 2.43 bits per heavy atom. The molecule has 1 fully saturated rings. The lowest BCUT2D eigenvalue weighted by Gasteiger charge is -1.87. The number of hydrogen-bond donors (Lipinski definition) is 2. The number of thiophene rings is 1. The number of nitrogens with zero attached hydrogens (tertiary/aromatic N) is 1. The van der Waals surface area contributed by atoms with Gasteiger partial charge in [-0.1, -0.05) is 0 Å². The molecule has 0 unspecified atom stereocenters. The maximum Gasteiger partial charge on any atom is 0.348 e. The summed E-state index contributed by atoms with van der Waals surface area (Å²) in [5.74, 6) is 0.596. The number of rotatable bonds is 2. The Bertz CT molecular complexity index is 510. The van der Waals surface area contributed by atoms with Crippen molar-refractivity contribution in [2.45, 2.75) is 18.8 Å². The van der Waals surface area contributed by atoms with Gasteiger partial charge in [-0.15, -0.1) is 11.3 Å². The quantitative estimate of drug-likeness (QED) is 0.795. The van der Waals surface area contributed by atoms with Gasteiger partial charge in [-0.05, 0) is 12.8 Å². The first-order valence-corrected chi connectivity index (χ1v) is 5.34. The van der Waals surface area contributed by atoms with E-state index in [4.69, 9.17) is 5.11 Å². The smallest absolute Gasteiger partial charge is 0.348 e. The van der Waals surface area contributed by atoms with E-state index in [1.165, 1.54) is 24.2 Å². The summed E-state index contributed by atoms with van der Waals surface area (Å²) in [5, 5.41) is 10.7. The number of aromatic carboxylic acids is 1. The summed E-state index contributed by atoms with van der Waals surface area (Å²) in [7, 11) is 0. The molecule has 2 aromatic rings. The lowest BCUT2D eigenvalue weighted by Crippen LogP contribution is -1.92. The van der Waals surface area contributed by atoms with E-state index in [9.17, 15) is 4.79 Å². The molecule has 2 aromatic heterocycles. The zero-order valence-electron chi connectivity index (χ0n) is 7.28. The van der Waals surface area contributed by atoms with Crippen LogP contribution in [-0.2, 0) is 0 Å². The van der Waals surface area contributed by atoms with E-state index in [1.54, 1.807) is 0 Å². The first-order valence-electron chi connectivity index (χ1n) is 4.46. The first kappa shape index (κ1) is 7.99. The molecule has 0 bridgehead atoms. The molecule has 0 atom stereocenters. The highest BCUT2D eigenvalue weighted by Crippen LogP contribution is 2.39. The number of carbonyl (C=O) groups is 1. The summed E-state index contributed by atoms with van der Waals surface area (Å²) in [6.07, 6.45) is 2.34. The molecule has 14 heavy (non-hydrogen) atoms. The third kappa shape index (κ3) is 1.05. The number of nitrogens with one attached hydrogen (secondary N) is 1. The SMILES string of the molecule is O=C(O)c1scc2[nH]c(C3CC3)nc12. The average molecular weight is 208 g/mol. The van der Waals surface area contributed by atoms with Gasteiger partial charge in [0.1, 0.15) is 16.2 Å². The fourth-order valence-corrected chi connectivity index (χ4v) is 2.31. The molecule has 72 valence electrons. The van der Waals surface area contributed by atoms with Crippen LogP contribution in [0, 0.1) is 0 Å². The Labute approximate surface area is 83.6 Å². The second-order valence-corrected chi connectivity index (χ2v) is 4.41. The van der Waals surface area contributed by atoms with E-state index in [-0.39, 0.29) is 0 Å². The Morgan fingerprint density at radius 3 is 3.07 bits per heavy atom. The Hall–Kier alpha value is -1.36. The first-order chi connectivity index (χ1) is 6.75. The van der Waals surface area contributed by atoms with Crippen LogP contribution in [0.4, 0.5) is 0 Å². The molecular weight excluding hydrogens is 200 g/mol. The van der Waals surface area contributed by atoms with Crippen LogP contribution < -0.4 is 0 Å². The van der Waals surface area contributed by atoms with Crippen molar-refractivity contribution in [3.8, 4) is 0 Å². The molecule has 0 aliphatic heterocycles. The van der Waals surface area contributed by atoms with Gasteiger partial charge >= 0.3 is 5.97 Å². The second kappa shape index (κ2) is 2.57. The molecule has 0 radical (unpaired) electrons. The fraction of sp³-hybridized carbons (Fsp3) is 0.333. The van der Waals surface area contributed by atoms with Crippen molar-refractivity contribution in [1.82, 2.24) is 9.97 Å². The molecular formula is C9H8N2O2S. The van der Waals surface area contributed by atoms with Crippen LogP contribution in [0.15, 0.2) is 5.38 Å². The van der Waals surface area contributed by atoms with Crippen LogP contribution in [0.3, 0.4) is 0 Å². The topological polar surface area (TPSA) is 66.0 Å². The number of imidazole rings is 1. The predicted octanol–water partition coefficient (Wildman–Crippen LogP) is 2.20. The number of aromatic nitrogens is 2. The van der Waals surface area contributed by atoms with Gasteiger partial charge in [-0.3, -0.25) is 0 Å². The van der Waals surface area contributed by atoms with Crippen LogP contribution in [0.2, 0.25) is 0 Å². The lowest BCUT2D eigenvalue weighted by molar-refractivity contribution is 0.0704. The third-order valence-electron chi connectivity index (χ3n) is 2.42. The van der Waals surface area contributed by atoms with Gasteiger partial charge < -0.3 is 10.1 Å². The summed E-state index contributed by atoms with van der Waals surface area (Å²) < 4.78 is 0. The van der Waals surface area contributed by atoms with Crippen LogP contribution in [0.1, 0.15) is 34.3 Å². The van der Waals surface area contributed by atoms with E-state index < -0.39 is 5.97 Å². The van der Waals surface area contributed by atoms with Gasteiger partial charge in [0.15, 0.2) is 0 Å². The maximum atomic E-state index is 10.8. The zero-order chi connectivity index (χ0) is 9.71. The largest absolute Gasteiger partial charge is 0.477 e. The standard InChI is InChI=1S/C9H8N2O2S/c12-9(13)7-6-5(3-14-7)10-8(11-6)4-1-2-4/h3-4H,1-2H2,(H,10,11)(H,12,13). The molecule has 2 N–H and O–H groups in total. The molecule has 0 saturated heterocycles. The van der Waals surface area contributed by atoms with Crippen molar-refractivity contribution in [1.29, 1.82) is 0 Å². The van der Waals surface area contributed by atoms with Crippen molar-refractivity contribution in [3.63, 3.8) is 0 Å². The van der Waals surface area contributed by atoms with Crippen molar-refractivity contribution in [2.75, 3.05) is 0 Å². The summed E-state index contributed by atoms with van der Waals surface area (Å²) in [6, 6.07) is 0. The van der Waals surface area contributed by atoms with Crippen LogP contribution >= 0.6 is 11.3 Å². The van der Waals surface area contributed by atoms with Gasteiger partial charge in [0.25, 0.3) is 0 Å². The third-order valence-corrected chi connectivity index (χ3v) is 3.38. The van der Waals surface area contributed by atoms with Gasteiger partial charge in [-0.25, -0.2) is 9.78 Å². The van der Waals surface area contributed by atoms with Gasteiger partial charge in [-0.2, -0.15) is 0 Å². The lowest BCUT2D eigenvalue weighted by atomic mass is 10.4. The predicted molar refractivity (Wildman–Crippen MR) is 52.9 cm³/mol. The Kier molecular flexibility index (Phi) is 1.47. The minimum atomic E-state index is -0.890. The monoisotopic (exact) mass is 208 g/mol. The van der Waals surface area contributed by atoms with Gasteiger partial charge in [0.05, 0.1) is 5.52 Å². The van der Waals surface area contributed by atoms with E-state index in [1.807, 2.05) is 5.38 Å². The van der Waals surface area contributed by atoms with Crippen molar-refractivity contribution >= 4 is 28.3 Å². The van der Waals surface area contributed by atoms with Crippen LogP contribution in [0.25, 0.3) is 11.0 Å². The summed E-state index contributed by atoms with van der Waals surface area (Å²) in [5.41, 5.74) is 1.47. The zero-order valence-corrected chi connectivity index (χ0v) is 8.10. The molecule has 1 aliphatic carbocycles. The van der Waals surface area contributed by atoms with E-state index in [0.717, 1.165) is 11.3 Å². The summed E-state index contributed by atoms with van der Waals surface area (Å²) in [6.45, 7) is 0. The van der Waals surface area contributed by atoms with Crippen LogP contribution in [-0.4, -0.2) is 21.0 Å². The molecule has 3 rings (SSSR count). The Morgan fingerprint density at radius 1 is 1.64 bits per heavy atom. The minimum Gasteiger partial charge on any atom is -0.477 e. The highest BCUT2D eigenvalue weighted by atomic mass is 32.1. The Balaban J connectivity index is 2.18. The van der Waals surface area contributed by atoms with Crippen LogP contribution in [0.5, 0.6) is 0 Å². The molecule has 0 aromatic carbocycles. The molecule has 2 heterocycles. The highest BCUT2D eigenvalue weighted by molar-refractivity contribution is 7.13. The fourth-order valence-electron chi connectivity index (χ4n) is 1.54. The molecule has 5 heteroatoms. The number of carboxylic acid groups (broad SMARTS) is 1. The molecule has 0 amide bonds. The van der Waals surface area contributed by atoms with Gasteiger partial charge in [0.2, 0.25) is 0 Å². The number of carboxylic acids is 1. The normalized spacial score (nSPS) is 16.3. The molecule has 0 spiro atoms. The molecule has 1 aliphatic rings. The van der Waals surface area contributed by atoms with Crippen molar-refractivity contribution in [2.24, 2.45) is 0 Å². The summed E-state index contributed by atoms with van der Waals surface area (Å²) in [4.78, 5) is 18.7. The minimum absolute atomic E-state index is 0.336. The van der Waals surface area contributed by atoms with Gasteiger partial charge in [0, 0.05) is 11.3 Å². The number of aromatic amines is 1. The molecule has 1 saturated carbocycles. The van der Waals surface area contributed by atoms with Crippen molar-refractivity contribution in [3.05, 3.63) is 16.1 Å². The number of fused-ring (bicyclic) bond motifs is 1. The van der Waals surface area contributed by atoms with E-state index >= 15 is 0 Å². The second-order valence-electron chi connectivity index (χ2n) is 3.53. The highest BCUT2D eigenvalue weighted by Gasteiger charge is 2.28. The number of hydrogen-bond acceptors (Lipinski definition) is 3. The summed E-state index contributed by atoms with van der Waals surface area (Å²) >= 11 is 1.23. The maximum absolute atomic E-state index is 10.8.